The fourth-order valence-corrected chi connectivity index (χ4v) is 6.83. The summed E-state index contributed by atoms with van der Waals surface area (Å²) in [7, 11) is 0. The molecule has 0 saturated heterocycles. The zero-order chi connectivity index (χ0) is 39.0. The van der Waals surface area contributed by atoms with E-state index in [-0.39, 0.29) is 18.4 Å². The van der Waals surface area contributed by atoms with E-state index in [1.54, 1.807) is 6.08 Å². The Bertz CT molecular complexity index is 879. The van der Waals surface area contributed by atoms with Crippen LogP contribution in [-0.2, 0) is 9.59 Å². The van der Waals surface area contributed by atoms with Gasteiger partial charge in [-0.25, -0.2) is 0 Å². The lowest BCUT2D eigenvalue weighted by Gasteiger charge is -2.26. The molecule has 2 amide bonds. The molecule has 0 fully saturated rings. The maximum atomic E-state index is 13.5. The molecule has 0 spiro atoms. The van der Waals surface area contributed by atoms with Gasteiger partial charge < -0.3 is 32.7 Å². The molecule has 8 heteroatoms. The van der Waals surface area contributed by atoms with Crippen molar-refractivity contribution in [3.8, 4) is 0 Å². The van der Waals surface area contributed by atoms with Crippen molar-refractivity contribution in [3.63, 3.8) is 0 Å². The van der Waals surface area contributed by atoms with E-state index in [4.69, 9.17) is 17.2 Å². The van der Waals surface area contributed by atoms with Gasteiger partial charge in [0.25, 0.3) is 0 Å². The summed E-state index contributed by atoms with van der Waals surface area (Å²) in [6.07, 6.45) is 44.0. The summed E-state index contributed by atoms with van der Waals surface area (Å²) in [5.74, 6) is 0.287. The van der Waals surface area contributed by atoms with Crippen molar-refractivity contribution in [2.24, 2.45) is 17.2 Å². The van der Waals surface area contributed by atoms with E-state index in [9.17, 15) is 9.59 Å². The molecule has 0 aliphatic carbocycles. The summed E-state index contributed by atoms with van der Waals surface area (Å²) in [4.78, 5) is 28.0. The molecule has 0 rings (SSSR count). The zero-order valence-corrected chi connectivity index (χ0v) is 35.4. The van der Waals surface area contributed by atoms with E-state index in [1.165, 1.54) is 154 Å². The van der Waals surface area contributed by atoms with Crippen LogP contribution >= 0.6 is 0 Å². The van der Waals surface area contributed by atoms with Gasteiger partial charge in [0.2, 0.25) is 11.8 Å². The molecule has 8 nitrogen and oxygen atoms in total. The summed E-state index contributed by atoms with van der Waals surface area (Å²) >= 11 is 0. The number of nitrogens with zero attached hydrogens (tertiary/aromatic N) is 1. The number of hydrogen-bond donors (Lipinski definition) is 5. The largest absolute Gasteiger partial charge is 0.386 e. The Balaban J connectivity index is 4.46. The summed E-state index contributed by atoms with van der Waals surface area (Å²) in [6, 6.07) is -1.40. The lowest BCUT2D eigenvalue weighted by molar-refractivity contribution is -0.133. The molecular formula is C45H90N6O2. The third-order valence-electron chi connectivity index (χ3n) is 10.5. The number of carbonyl (C=O) groups excluding carboxylic acids is 2. The molecule has 2 atom stereocenters. The van der Waals surface area contributed by atoms with E-state index in [0.717, 1.165) is 45.2 Å². The molecule has 0 aliphatic heterocycles. The summed E-state index contributed by atoms with van der Waals surface area (Å²) in [5, 5.41) is 5.90. The molecule has 0 unspecified atom stereocenters. The monoisotopic (exact) mass is 747 g/mol. The van der Waals surface area contributed by atoms with Crippen LogP contribution in [0.3, 0.4) is 0 Å². The Morgan fingerprint density at radius 2 is 0.943 bits per heavy atom. The van der Waals surface area contributed by atoms with E-state index < -0.39 is 12.1 Å². The average molecular weight is 747 g/mol. The van der Waals surface area contributed by atoms with Crippen LogP contribution in [0.1, 0.15) is 213 Å². The molecule has 8 N–H and O–H groups in total. The maximum absolute atomic E-state index is 13.5. The Morgan fingerprint density at radius 1 is 0.547 bits per heavy atom. The van der Waals surface area contributed by atoms with Crippen molar-refractivity contribution in [1.29, 1.82) is 0 Å². The zero-order valence-electron chi connectivity index (χ0n) is 35.4. The topological polar surface area (TPSA) is 140 Å². The van der Waals surface area contributed by atoms with Gasteiger partial charge in [-0.1, -0.05) is 167 Å². The molecule has 0 aromatic rings. The highest BCUT2D eigenvalue weighted by Crippen LogP contribution is 2.14. The van der Waals surface area contributed by atoms with Crippen molar-refractivity contribution < 1.29 is 9.59 Å². The molecule has 0 aliphatic rings. The van der Waals surface area contributed by atoms with Gasteiger partial charge in [0.05, 0.1) is 11.9 Å². The highest BCUT2D eigenvalue weighted by atomic mass is 16.2. The lowest BCUT2D eigenvalue weighted by atomic mass is 10.0. The van der Waals surface area contributed by atoms with E-state index in [1.807, 2.05) is 11.8 Å². The Morgan fingerprint density at radius 3 is 1.36 bits per heavy atom. The van der Waals surface area contributed by atoms with Gasteiger partial charge >= 0.3 is 0 Å². The summed E-state index contributed by atoms with van der Waals surface area (Å²) < 4.78 is 0. The first-order valence-electron chi connectivity index (χ1n) is 22.8. The van der Waals surface area contributed by atoms with Crippen molar-refractivity contribution in [1.82, 2.24) is 15.5 Å². The maximum Gasteiger partial charge on any atom is 0.241 e. The van der Waals surface area contributed by atoms with Gasteiger partial charge in [-0.3, -0.25) is 9.59 Å². The quantitative estimate of drug-likeness (QED) is 0.0312. The first-order valence-corrected chi connectivity index (χ1v) is 22.8. The number of nitrogens with two attached hydrogens (primary N) is 3. The van der Waals surface area contributed by atoms with Crippen LogP contribution in [0.2, 0.25) is 0 Å². The van der Waals surface area contributed by atoms with Gasteiger partial charge in [-0.15, -0.1) is 0 Å². The molecule has 53 heavy (non-hydrogen) atoms. The third-order valence-corrected chi connectivity index (χ3v) is 10.5. The van der Waals surface area contributed by atoms with Crippen LogP contribution in [0.4, 0.5) is 0 Å². The first-order chi connectivity index (χ1) is 25.9. The molecule has 0 bridgehead atoms. The van der Waals surface area contributed by atoms with E-state index in [0.29, 0.717) is 18.8 Å². The fourth-order valence-electron chi connectivity index (χ4n) is 6.83. The summed E-state index contributed by atoms with van der Waals surface area (Å²) in [5.41, 5.74) is 18.2. The van der Waals surface area contributed by atoms with E-state index in [2.05, 4.69) is 36.6 Å². The molecule has 0 aromatic carbocycles. The number of amides is 2. The van der Waals surface area contributed by atoms with Crippen molar-refractivity contribution in [2.45, 2.75) is 225 Å². The lowest BCUT2D eigenvalue weighted by Crippen LogP contribution is -2.52. The van der Waals surface area contributed by atoms with Gasteiger partial charge in [-0.05, 0) is 64.4 Å². The van der Waals surface area contributed by atoms with E-state index >= 15 is 0 Å². The minimum atomic E-state index is -0.761. The van der Waals surface area contributed by atoms with Gasteiger partial charge in [0.15, 0.2) is 0 Å². The van der Waals surface area contributed by atoms with Crippen LogP contribution in [0.15, 0.2) is 24.0 Å². The van der Waals surface area contributed by atoms with Crippen molar-refractivity contribution >= 4 is 11.8 Å². The Labute approximate surface area is 329 Å². The minimum absolute atomic E-state index is 0.0626. The van der Waals surface area contributed by atoms with Gasteiger partial charge in [-0.2, -0.15) is 0 Å². The second-order valence-electron chi connectivity index (χ2n) is 15.6. The number of hydrogen-bond acceptors (Lipinski definition) is 6. The number of carbonyl (C=O) groups is 2. The standard InChI is InChI=1S/C45H90N6O2/c1-4-7-9-11-13-15-17-19-21-22-24-26-28-30-32-34-39-51(38-33-31-29-27-25-23-20-18-16-14-12-10-8-5-2)45(53)42(47)40-50-44(52)41(46)36-35-37-49-43(48)6-3/h6,19,21,41-42,49H,4-5,7-18,20,22-40,46-48H2,1-3H3,(H,50,52)/b21-19-,43-6?/t41-,42-/m0/s1. The minimum Gasteiger partial charge on any atom is -0.386 e. The molecule has 0 saturated carbocycles. The third kappa shape index (κ3) is 34.2. The first kappa shape index (κ1) is 50.9. The highest BCUT2D eigenvalue weighted by molar-refractivity contribution is 5.84. The van der Waals surface area contributed by atoms with Gasteiger partial charge in [0, 0.05) is 26.2 Å². The predicted octanol–water partition coefficient (Wildman–Crippen LogP) is 10.3. The Hall–Kier alpha value is -2.06. The van der Waals surface area contributed by atoms with Crippen LogP contribution in [0, 0.1) is 0 Å². The van der Waals surface area contributed by atoms with Crippen molar-refractivity contribution in [2.75, 3.05) is 26.2 Å². The normalized spacial score (nSPS) is 13.0. The molecule has 0 heterocycles. The number of unbranched alkanes of at least 4 members (excludes halogenated alkanes) is 25. The van der Waals surface area contributed by atoms with Crippen LogP contribution in [-0.4, -0.2) is 55.0 Å². The second-order valence-corrected chi connectivity index (χ2v) is 15.6. The van der Waals surface area contributed by atoms with Gasteiger partial charge in [0.1, 0.15) is 6.04 Å². The highest BCUT2D eigenvalue weighted by Gasteiger charge is 2.22. The smallest absolute Gasteiger partial charge is 0.241 e. The average Bonchev–Trinajstić information content (AvgIpc) is 3.16. The number of rotatable bonds is 40. The molecule has 0 aromatic heterocycles. The SMILES string of the molecule is CC=C(N)NCCC[C@H](N)C(=O)NC[C@H](N)C(=O)N(CCCCCCCC/C=C\CCCCCCCC)CCCCCCCCCCCCCCCC. The molecule has 312 valence electrons. The van der Waals surface area contributed by atoms with Crippen molar-refractivity contribution in [3.05, 3.63) is 24.0 Å². The second kappa shape index (κ2) is 39.6. The molecular weight excluding hydrogens is 657 g/mol. The number of allylic oxidation sites excluding steroid dienone is 3. The fraction of sp³-hybridized carbons (Fsp3) is 0.867. The predicted molar refractivity (Wildman–Crippen MR) is 230 cm³/mol. The molecule has 0 radical (unpaired) electrons. The Kier molecular flexibility index (Phi) is 38.1. The van der Waals surface area contributed by atoms with Crippen LogP contribution < -0.4 is 27.8 Å². The van der Waals surface area contributed by atoms with Crippen LogP contribution in [0.25, 0.3) is 0 Å². The number of nitrogens with one attached hydrogen (secondary N) is 2. The van der Waals surface area contributed by atoms with Crippen LogP contribution in [0.5, 0.6) is 0 Å². The summed E-state index contributed by atoms with van der Waals surface area (Å²) in [6.45, 7) is 8.66.